The molecule has 0 atom stereocenters. The van der Waals surface area contributed by atoms with E-state index >= 15 is 0 Å². The monoisotopic (exact) mass is 438 g/mol. The molecule has 0 fully saturated rings. The smallest absolute Gasteiger partial charge is 0.271 e. The van der Waals surface area contributed by atoms with Gasteiger partial charge < -0.3 is 20.2 Å². The first-order chi connectivity index (χ1) is 13.1. The van der Waals surface area contributed by atoms with Crippen molar-refractivity contribution < 1.29 is 4.79 Å². The van der Waals surface area contributed by atoms with E-state index in [1.165, 1.54) is 11.1 Å². The zero-order chi connectivity index (χ0) is 18.8. The van der Waals surface area contributed by atoms with Gasteiger partial charge in [0.05, 0.1) is 11.0 Å². The van der Waals surface area contributed by atoms with Crippen molar-refractivity contribution in [2.45, 2.75) is 39.7 Å². The number of fused-ring (bicyclic) bond motifs is 2. The quantitative estimate of drug-likeness (QED) is 0.534. The number of benzene rings is 1. The number of nitrogens with one attached hydrogen (secondary N) is 3. The van der Waals surface area contributed by atoms with Crippen molar-refractivity contribution in [2.75, 3.05) is 19.6 Å². The average Bonchev–Trinajstić information content (AvgIpc) is 3.20. The lowest BCUT2D eigenvalue weighted by Crippen LogP contribution is -2.25. The van der Waals surface area contributed by atoms with E-state index in [-0.39, 0.29) is 30.7 Å². The van der Waals surface area contributed by atoms with Crippen molar-refractivity contribution >= 4 is 41.8 Å². The van der Waals surface area contributed by atoms with Crippen molar-refractivity contribution in [3.8, 4) is 0 Å². The molecule has 1 aliphatic heterocycles. The van der Waals surface area contributed by atoms with E-state index in [4.69, 9.17) is 4.98 Å². The van der Waals surface area contributed by atoms with E-state index in [1.54, 1.807) is 0 Å². The van der Waals surface area contributed by atoms with Crippen molar-refractivity contribution in [3.63, 3.8) is 0 Å². The molecule has 1 aliphatic rings. The maximum Gasteiger partial charge on any atom is 0.271 e. The highest BCUT2D eigenvalue weighted by atomic mass is 35.5. The molecule has 29 heavy (non-hydrogen) atoms. The summed E-state index contributed by atoms with van der Waals surface area (Å²) in [5.41, 5.74) is 5.11. The van der Waals surface area contributed by atoms with Gasteiger partial charge >= 0.3 is 0 Å². The van der Waals surface area contributed by atoms with Gasteiger partial charge in [0, 0.05) is 45.2 Å². The van der Waals surface area contributed by atoms with Crippen molar-refractivity contribution in [2.24, 2.45) is 0 Å². The van der Waals surface area contributed by atoms with Gasteiger partial charge in [-0.15, -0.1) is 24.8 Å². The molecule has 4 rings (SSSR count). The van der Waals surface area contributed by atoms with Crippen LogP contribution in [-0.4, -0.2) is 45.1 Å². The number of halogens is 2. The average molecular weight is 439 g/mol. The van der Waals surface area contributed by atoms with Crippen LogP contribution in [0.2, 0.25) is 0 Å². The highest BCUT2D eigenvalue weighted by Gasteiger charge is 2.15. The van der Waals surface area contributed by atoms with Gasteiger partial charge in [0.15, 0.2) is 0 Å². The van der Waals surface area contributed by atoms with Crippen LogP contribution in [-0.2, 0) is 19.4 Å². The molecule has 1 amide bonds. The Morgan fingerprint density at radius 1 is 1.21 bits per heavy atom. The summed E-state index contributed by atoms with van der Waals surface area (Å²) in [5.74, 6) is 1.85. The minimum Gasteiger partial charge on any atom is -0.351 e. The molecule has 9 heteroatoms. The van der Waals surface area contributed by atoms with E-state index in [9.17, 15) is 4.79 Å². The third-order valence-corrected chi connectivity index (χ3v) is 5.25. The largest absolute Gasteiger partial charge is 0.351 e. The first-order valence-electron chi connectivity index (χ1n) is 9.61. The number of carbonyl (C=O) groups is 1. The molecule has 0 radical (unpaired) electrons. The maximum absolute atomic E-state index is 12.4. The fourth-order valence-corrected chi connectivity index (χ4v) is 3.51. The first kappa shape index (κ1) is 23.2. The number of hydrogen-bond donors (Lipinski definition) is 3. The molecule has 7 nitrogen and oxygen atoms in total. The van der Waals surface area contributed by atoms with Gasteiger partial charge in [-0.1, -0.05) is 6.07 Å². The summed E-state index contributed by atoms with van der Waals surface area (Å²) in [6.07, 6.45) is 4.36. The number of carbonyl (C=O) groups excluding carboxylic acids is 1. The third kappa shape index (κ3) is 5.10. The molecule has 3 N–H and O–H groups in total. The molecule has 0 saturated carbocycles. The fraction of sp³-hybridized carbons (Fsp3) is 0.450. The van der Waals surface area contributed by atoms with Crippen LogP contribution in [0.4, 0.5) is 0 Å². The lowest BCUT2D eigenvalue weighted by atomic mass is 10.1. The Morgan fingerprint density at radius 2 is 2.03 bits per heavy atom. The minimum atomic E-state index is -0.0976. The molecule has 158 valence electrons. The number of aromatic nitrogens is 4. The standard InChI is InChI=1S/C20H26N6O.2ClH/c1-13-5-6-15-19(14(13)2)25-17(23-15)4-3-8-22-20(27)16-12-26-11-10-21-9-7-18(26)24-16;;/h5-6,12,21H,3-4,7-11H2,1-2H3,(H,22,27)(H,23,25);2*1H. The van der Waals surface area contributed by atoms with E-state index in [0.717, 1.165) is 61.6 Å². The highest BCUT2D eigenvalue weighted by molar-refractivity contribution is 5.92. The lowest BCUT2D eigenvalue weighted by molar-refractivity contribution is 0.0948. The summed E-state index contributed by atoms with van der Waals surface area (Å²) in [5, 5.41) is 6.31. The maximum atomic E-state index is 12.4. The van der Waals surface area contributed by atoms with Gasteiger partial charge in [0.1, 0.15) is 17.3 Å². The number of imidazole rings is 2. The molecule has 3 heterocycles. The zero-order valence-corrected chi connectivity index (χ0v) is 18.4. The first-order valence-corrected chi connectivity index (χ1v) is 9.61. The number of hydrogen-bond acceptors (Lipinski definition) is 4. The van der Waals surface area contributed by atoms with Crippen LogP contribution in [0.15, 0.2) is 18.3 Å². The number of amides is 1. The van der Waals surface area contributed by atoms with Crippen LogP contribution in [0, 0.1) is 13.8 Å². The zero-order valence-electron chi connectivity index (χ0n) is 16.7. The second-order valence-electron chi connectivity index (χ2n) is 7.18. The Morgan fingerprint density at radius 3 is 2.86 bits per heavy atom. The van der Waals surface area contributed by atoms with Gasteiger partial charge in [-0.2, -0.15) is 0 Å². The fourth-order valence-electron chi connectivity index (χ4n) is 3.51. The van der Waals surface area contributed by atoms with Gasteiger partial charge in [-0.3, -0.25) is 4.79 Å². The Kier molecular flexibility index (Phi) is 8.07. The molecule has 3 aromatic rings. The second-order valence-corrected chi connectivity index (χ2v) is 7.18. The topological polar surface area (TPSA) is 87.6 Å². The van der Waals surface area contributed by atoms with Crippen molar-refractivity contribution in [1.82, 2.24) is 30.2 Å². The number of H-pyrrole nitrogens is 1. The van der Waals surface area contributed by atoms with E-state index in [2.05, 4.69) is 51.1 Å². The number of aromatic amines is 1. The van der Waals surface area contributed by atoms with Crippen LogP contribution in [0.5, 0.6) is 0 Å². The molecule has 0 spiro atoms. The normalized spacial score (nSPS) is 13.2. The van der Waals surface area contributed by atoms with Gasteiger partial charge in [0.2, 0.25) is 0 Å². The SMILES string of the molecule is Cc1ccc2[nH]c(CCCNC(=O)c3cn4c(n3)CCNCC4)nc2c1C.Cl.Cl. The summed E-state index contributed by atoms with van der Waals surface area (Å²) < 4.78 is 2.08. The van der Waals surface area contributed by atoms with Crippen LogP contribution in [0.3, 0.4) is 0 Å². The second kappa shape index (κ2) is 10.1. The summed E-state index contributed by atoms with van der Waals surface area (Å²) in [6, 6.07) is 4.19. The Hall–Kier alpha value is -2.09. The molecule has 2 aromatic heterocycles. The number of rotatable bonds is 5. The summed E-state index contributed by atoms with van der Waals surface area (Å²) in [4.78, 5) is 24.9. The minimum absolute atomic E-state index is 0. The highest BCUT2D eigenvalue weighted by Crippen LogP contribution is 2.19. The Bertz CT molecular complexity index is 957. The summed E-state index contributed by atoms with van der Waals surface area (Å²) >= 11 is 0. The van der Waals surface area contributed by atoms with Crippen LogP contribution in [0.1, 0.15) is 39.7 Å². The van der Waals surface area contributed by atoms with Gasteiger partial charge in [0.25, 0.3) is 5.91 Å². The van der Waals surface area contributed by atoms with Gasteiger partial charge in [-0.25, -0.2) is 9.97 Å². The van der Waals surface area contributed by atoms with E-state index < -0.39 is 0 Å². The third-order valence-electron chi connectivity index (χ3n) is 5.25. The molecule has 0 unspecified atom stereocenters. The Labute approximate surface area is 182 Å². The summed E-state index contributed by atoms with van der Waals surface area (Å²) in [6.45, 7) is 7.50. The number of aryl methyl sites for hydroxylation is 3. The molecule has 0 aliphatic carbocycles. The molecule has 1 aromatic carbocycles. The van der Waals surface area contributed by atoms with E-state index in [1.807, 2.05) is 6.20 Å². The number of nitrogens with zero attached hydrogens (tertiary/aromatic N) is 3. The van der Waals surface area contributed by atoms with E-state index in [0.29, 0.717) is 12.2 Å². The van der Waals surface area contributed by atoms with Crippen LogP contribution >= 0.6 is 24.8 Å². The predicted octanol–water partition coefficient (Wildman–Crippen LogP) is 2.73. The molecular weight excluding hydrogens is 411 g/mol. The molecular formula is C20H28Cl2N6O. The van der Waals surface area contributed by atoms with Gasteiger partial charge in [-0.05, 0) is 37.5 Å². The molecule has 0 saturated heterocycles. The van der Waals surface area contributed by atoms with Crippen LogP contribution < -0.4 is 10.6 Å². The lowest BCUT2D eigenvalue weighted by Gasteiger charge is -2.02. The Balaban J connectivity index is 0.00000150. The predicted molar refractivity (Wildman–Crippen MR) is 120 cm³/mol. The van der Waals surface area contributed by atoms with Crippen molar-refractivity contribution in [3.05, 3.63) is 46.8 Å². The van der Waals surface area contributed by atoms with Crippen LogP contribution in [0.25, 0.3) is 11.0 Å². The summed E-state index contributed by atoms with van der Waals surface area (Å²) in [7, 11) is 0. The van der Waals surface area contributed by atoms with Crippen molar-refractivity contribution in [1.29, 1.82) is 0 Å². The molecule has 0 bridgehead atoms.